The van der Waals surface area contributed by atoms with E-state index in [2.05, 4.69) is 9.71 Å². The van der Waals surface area contributed by atoms with E-state index in [1.54, 1.807) is 18.2 Å². The van der Waals surface area contributed by atoms with Gasteiger partial charge in [-0.1, -0.05) is 12.1 Å². The molecule has 5 nitrogen and oxygen atoms in total. The number of hydrogen-bond acceptors (Lipinski definition) is 4. The van der Waals surface area contributed by atoms with Gasteiger partial charge in [0.25, 0.3) is 10.0 Å². The standard InChI is InChI=1S/C12H14N2O3S/c15-18(16)11-6-2-1-5-10(11)12(14-18)13-8-9-4-3-7-17-9/h1-2,5-6,9H,3-4,7-8H2,(H,13,14). The van der Waals surface area contributed by atoms with E-state index in [9.17, 15) is 8.42 Å². The van der Waals surface area contributed by atoms with Crippen LogP contribution in [0.1, 0.15) is 18.4 Å². The van der Waals surface area contributed by atoms with Gasteiger partial charge in [0.2, 0.25) is 0 Å². The first-order valence-electron chi connectivity index (χ1n) is 5.95. The van der Waals surface area contributed by atoms with Crippen LogP contribution in [0.2, 0.25) is 0 Å². The number of benzene rings is 1. The summed E-state index contributed by atoms with van der Waals surface area (Å²) in [6, 6.07) is 6.87. The number of sulfonamides is 1. The van der Waals surface area contributed by atoms with Crippen LogP contribution in [-0.2, 0) is 14.8 Å². The maximum atomic E-state index is 11.8. The van der Waals surface area contributed by atoms with Crippen LogP contribution in [-0.4, -0.2) is 33.5 Å². The Kier molecular flexibility index (Phi) is 2.83. The molecule has 1 atom stereocenters. The van der Waals surface area contributed by atoms with Crippen LogP contribution in [0, 0.1) is 0 Å². The molecule has 2 aliphatic heterocycles. The maximum absolute atomic E-state index is 11.8. The van der Waals surface area contributed by atoms with Crippen molar-refractivity contribution in [2.45, 2.75) is 23.8 Å². The lowest BCUT2D eigenvalue weighted by Crippen LogP contribution is -2.23. The third-order valence-corrected chi connectivity index (χ3v) is 4.54. The van der Waals surface area contributed by atoms with Gasteiger partial charge in [0.15, 0.2) is 0 Å². The molecule has 0 bridgehead atoms. The quantitative estimate of drug-likeness (QED) is 0.865. The smallest absolute Gasteiger partial charge is 0.263 e. The lowest BCUT2D eigenvalue weighted by molar-refractivity contribution is 0.118. The molecule has 18 heavy (non-hydrogen) atoms. The highest BCUT2D eigenvalue weighted by molar-refractivity contribution is 7.90. The van der Waals surface area contributed by atoms with Crippen LogP contribution in [0.3, 0.4) is 0 Å². The summed E-state index contributed by atoms with van der Waals surface area (Å²) in [5.74, 6) is 0.432. The predicted octanol–water partition coefficient (Wildman–Crippen LogP) is 0.904. The Bertz CT molecular complexity index is 589. The largest absolute Gasteiger partial charge is 0.376 e. The summed E-state index contributed by atoms with van der Waals surface area (Å²) < 4.78 is 31.6. The predicted molar refractivity (Wildman–Crippen MR) is 67.1 cm³/mol. The summed E-state index contributed by atoms with van der Waals surface area (Å²) in [6.07, 6.45) is 2.16. The SMILES string of the molecule is O=S1(=O)NC(=NCC2CCCO2)c2ccccc21. The van der Waals surface area contributed by atoms with E-state index in [0.717, 1.165) is 19.4 Å². The highest BCUT2D eigenvalue weighted by atomic mass is 32.2. The summed E-state index contributed by atoms with van der Waals surface area (Å²) >= 11 is 0. The van der Waals surface area contributed by atoms with Gasteiger partial charge >= 0.3 is 0 Å². The Morgan fingerprint density at radius 1 is 1.39 bits per heavy atom. The molecule has 0 amide bonds. The summed E-state index contributed by atoms with van der Waals surface area (Å²) in [5, 5.41) is 0. The van der Waals surface area contributed by atoms with Gasteiger partial charge in [-0.2, -0.15) is 0 Å². The number of fused-ring (bicyclic) bond motifs is 1. The van der Waals surface area contributed by atoms with Gasteiger partial charge in [-0.25, -0.2) is 8.42 Å². The minimum atomic E-state index is -3.42. The van der Waals surface area contributed by atoms with E-state index in [-0.39, 0.29) is 6.10 Å². The number of amidine groups is 1. The number of aliphatic imine (C=N–C) groups is 1. The van der Waals surface area contributed by atoms with Gasteiger partial charge in [-0.3, -0.25) is 9.71 Å². The number of rotatable bonds is 2. The van der Waals surface area contributed by atoms with E-state index in [1.807, 2.05) is 6.07 Å². The van der Waals surface area contributed by atoms with Crippen molar-refractivity contribution in [3.05, 3.63) is 29.8 Å². The van der Waals surface area contributed by atoms with E-state index in [4.69, 9.17) is 4.74 Å². The maximum Gasteiger partial charge on any atom is 0.263 e. The normalized spacial score (nSPS) is 27.1. The van der Waals surface area contributed by atoms with Crippen molar-refractivity contribution in [2.24, 2.45) is 4.99 Å². The molecule has 0 saturated carbocycles. The van der Waals surface area contributed by atoms with Gasteiger partial charge in [-0.15, -0.1) is 0 Å². The Balaban J connectivity index is 1.88. The van der Waals surface area contributed by atoms with Crippen LogP contribution >= 0.6 is 0 Å². The molecular formula is C12H14N2O3S. The Morgan fingerprint density at radius 3 is 3.00 bits per heavy atom. The van der Waals surface area contributed by atoms with Crippen LogP contribution in [0.25, 0.3) is 0 Å². The summed E-state index contributed by atoms with van der Waals surface area (Å²) in [6.45, 7) is 1.28. The van der Waals surface area contributed by atoms with Crippen molar-refractivity contribution < 1.29 is 13.2 Å². The molecule has 1 N–H and O–H groups in total. The van der Waals surface area contributed by atoms with E-state index in [1.165, 1.54) is 0 Å². The fourth-order valence-corrected chi connectivity index (χ4v) is 3.48. The second-order valence-corrected chi connectivity index (χ2v) is 6.08. The molecule has 1 saturated heterocycles. The van der Waals surface area contributed by atoms with Gasteiger partial charge in [0, 0.05) is 12.2 Å². The fourth-order valence-electron chi connectivity index (χ4n) is 2.23. The zero-order valence-corrected chi connectivity index (χ0v) is 10.6. The molecule has 0 spiro atoms. The van der Waals surface area contributed by atoms with Crippen molar-refractivity contribution in [3.63, 3.8) is 0 Å². The Labute approximate surface area is 106 Å². The molecule has 96 valence electrons. The molecule has 2 heterocycles. The number of nitrogens with zero attached hydrogens (tertiary/aromatic N) is 1. The van der Waals surface area contributed by atoms with Crippen molar-refractivity contribution in [1.82, 2.24) is 4.72 Å². The second-order valence-electron chi connectivity index (χ2n) is 4.43. The number of ether oxygens (including phenoxy) is 1. The zero-order valence-electron chi connectivity index (χ0n) is 9.80. The summed E-state index contributed by atoms with van der Waals surface area (Å²) in [5.41, 5.74) is 0.649. The summed E-state index contributed by atoms with van der Waals surface area (Å²) in [4.78, 5) is 4.65. The van der Waals surface area contributed by atoms with E-state index >= 15 is 0 Å². The molecule has 1 fully saturated rings. The van der Waals surface area contributed by atoms with Crippen LogP contribution in [0.15, 0.2) is 34.2 Å². The van der Waals surface area contributed by atoms with Gasteiger partial charge in [-0.05, 0) is 25.0 Å². The molecule has 2 aliphatic rings. The third-order valence-electron chi connectivity index (χ3n) is 3.14. The topological polar surface area (TPSA) is 67.8 Å². The van der Waals surface area contributed by atoms with Gasteiger partial charge < -0.3 is 4.74 Å². The summed E-state index contributed by atoms with van der Waals surface area (Å²) in [7, 11) is -3.42. The molecule has 1 aromatic rings. The lowest BCUT2D eigenvalue weighted by atomic mass is 10.2. The van der Waals surface area contributed by atoms with Crippen LogP contribution in [0.4, 0.5) is 0 Å². The fraction of sp³-hybridized carbons (Fsp3) is 0.417. The first-order valence-corrected chi connectivity index (χ1v) is 7.43. The van der Waals surface area contributed by atoms with Crippen molar-refractivity contribution in [2.75, 3.05) is 13.2 Å². The minimum Gasteiger partial charge on any atom is -0.376 e. The zero-order chi connectivity index (χ0) is 12.6. The monoisotopic (exact) mass is 266 g/mol. The number of nitrogens with one attached hydrogen (secondary N) is 1. The molecule has 0 aliphatic carbocycles. The average molecular weight is 266 g/mol. The molecule has 0 radical (unpaired) electrons. The Morgan fingerprint density at radius 2 is 2.22 bits per heavy atom. The van der Waals surface area contributed by atoms with Crippen molar-refractivity contribution >= 4 is 15.9 Å². The average Bonchev–Trinajstić information content (AvgIpc) is 2.95. The lowest BCUT2D eigenvalue weighted by Gasteiger charge is -2.05. The van der Waals surface area contributed by atoms with E-state index in [0.29, 0.717) is 22.8 Å². The first-order chi connectivity index (χ1) is 8.67. The van der Waals surface area contributed by atoms with E-state index < -0.39 is 10.0 Å². The number of hydrogen-bond donors (Lipinski definition) is 1. The molecular weight excluding hydrogens is 252 g/mol. The second kappa shape index (κ2) is 4.37. The third kappa shape index (κ3) is 2.02. The van der Waals surface area contributed by atoms with Gasteiger partial charge in [0.1, 0.15) is 5.84 Å². The Hall–Kier alpha value is -1.40. The first kappa shape index (κ1) is 11.7. The van der Waals surface area contributed by atoms with Crippen molar-refractivity contribution in [3.8, 4) is 0 Å². The molecule has 0 aromatic heterocycles. The molecule has 1 aromatic carbocycles. The molecule has 1 unspecified atom stereocenters. The van der Waals surface area contributed by atoms with Gasteiger partial charge in [0.05, 0.1) is 17.5 Å². The van der Waals surface area contributed by atoms with Crippen molar-refractivity contribution in [1.29, 1.82) is 0 Å². The molecule has 3 rings (SSSR count). The molecule has 6 heteroatoms. The highest BCUT2D eigenvalue weighted by Gasteiger charge is 2.30. The van der Waals surface area contributed by atoms with Crippen LogP contribution < -0.4 is 4.72 Å². The minimum absolute atomic E-state index is 0.120. The highest BCUT2D eigenvalue weighted by Crippen LogP contribution is 2.22. The van der Waals surface area contributed by atoms with Crippen LogP contribution in [0.5, 0.6) is 0 Å².